The fourth-order valence-electron chi connectivity index (χ4n) is 2.12. The molecule has 118 valence electrons. The van der Waals surface area contributed by atoms with E-state index in [4.69, 9.17) is 23.2 Å². The number of carbonyl (C=O) groups excluding carboxylic acids is 1. The number of hydrogen-bond donors (Lipinski definition) is 1. The fourth-order valence-corrected chi connectivity index (χ4v) is 2.57. The number of benzene rings is 1. The summed E-state index contributed by atoms with van der Waals surface area (Å²) in [4.78, 5) is 12.3. The summed E-state index contributed by atoms with van der Waals surface area (Å²) in [5.41, 5.74) is 3.27. The number of carbonyl (C=O) groups is 1. The lowest BCUT2D eigenvalue weighted by Gasteiger charge is -2.07. The molecule has 1 N–H and O–H groups in total. The van der Waals surface area contributed by atoms with Crippen LogP contribution in [-0.2, 0) is 11.8 Å². The Bertz CT molecular complexity index is 844. The summed E-state index contributed by atoms with van der Waals surface area (Å²) >= 11 is 11.8. The van der Waals surface area contributed by atoms with Crippen molar-refractivity contribution in [3.8, 4) is 6.07 Å². The van der Waals surface area contributed by atoms with E-state index in [0.717, 1.165) is 17.0 Å². The maximum atomic E-state index is 12.3. The number of aromatic nitrogens is 1. The smallest absolute Gasteiger partial charge is 0.266 e. The molecule has 0 bridgehead atoms. The van der Waals surface area contributed by atoms with Crippen molar-refractivity contribution < 1.29 is 4.79 Å². The number of nitriles is 1. The molecule has 0 aliphatic heterocycles. The van der Waals surface area contributed by atoms with Crippen LogP contribution >= 0.6 is 23.2 Å². The highest BCUT2D eigenvalue weighted by atomic mass is 35.5. The van der Waals surface area contributed by atoms with E-state index in [9.17, 15) is 10.1 Å². The molecule has 1 aromatic heterocycles. The number of rotatable bonds is 3. The zero-order valence-corrected chi connectivity index (χ0v) is 14.5. The Balaban J connectivity index is 2.30. The van der Waals surface area contributed by atoms with Gasteiger partial charge in [0, 0.05) is 23.5 Å². The second-order valence-electron chi connectivity index (χ2n) is 5.13. The third-order valence-electron chi connectivity index (χ3n) is 3.66. The molecule has 0 aliphatic rings. The van der Waals surface area contributed by atoms with Crippen LogP contribution in [-0.4, -0.2) is 10.5 Å². The summed E-state index contributed by atoms with van der Waals surface area (Å²) in [5, 5.41) is 12.7. The van der Waals surface area contributed by atoms with Gasteiger partial charge in [-0.3, -0.25) is 4.79 Å². The molecule has 0 saturated carbocycles. The molecular weight excluding hydrogens is 333 g/mol. The minimum atomic E-state index is -0.516. The number of nitrogens with one attached hydrogen (secondary N) is 1. The maximum Gasteiger partial charge on any atom is 0.266 e. The van der Waals surface area contributed by atoms with Gasteiger partial charge in [-0.25, -0.2) is 0 Å². The molecule has 0 fully saturated rings. The molecule has 1 aromatic carbocycles. The quantitative estimate of drug-likeness (QED) is 0.656. The third-order valence-corrected chi connectivity index (χ3v) is 4.21. The molecule has 4 nitrogen and oxygen atoms in total. The Morgan fingerprint density at radius 3 is 2.52 bits per heavy atom. The Hall–Kier alpha value is -2.22. The van der Waals surface area contributed by atoms with Crippen LogP contribution in [0.3, 0.4) is 0 Å². The molecule has 0 saturated heterocycles. The van der Waals surface area contributed by atoms with Crippen molar-refractivity contribution in [1.29, 1.82) is 5.26 Å². The molecule has 0 spiro atoms. The molecule has 2 rings (SSSR count). The normalized spacial score (nSPS) is 11.2. The average molecular weight is 348 g/mol. The first-order valence-corrected chi connectivity index (χ1v) is 7.60. The largest absolute Gasteiger partial charge is 0.352 e. The van der Waals surface area contributed by atoms with Crippen molar-refractivity contribution in [2.24, 2.45) is 7.05 Å². The molecule has 0 atom stereocenters. The lowest BCUT2D eigenvalue weighted by atomic mass is 10.1. The number of anilines is 1. The van der Waals surface area contributed by atoms with Crippen LogP contribution < -0.4 is 5.32 Å². The van der Waals surface area contributed by atoms with E-state index in [1.165, 1.54) is 6.07 Å². The molecule has 1 heterocycles. The van der Waals surface area contributed by atoms with Crippen molar-refractivity contribution >= 4 is 40.9 Å². The van der Waals surface area contributed by atoms with E-state index in [1.807, 2.05) is 37.6 Å². The molecule has 6 heteroatoms. The van der Waals surface area contributed by atoms with Crippen LogP contribution in [0.25, 0.3) is 6.08 Å². The SMILES string of the molecule is Cc1cc(/C=C(/C#N)C(=O)Nc2ccc(Cl)cc2Cl)c(C)n1C. The van der Waals surface area contributed by atoms with Gasteiger partial charge in [-0.05, 0) is 49.8 Å². The number of hydrogen-bond acceptors (Lipinski definition) is 2. The summed E-state index contributed by atoms with van der Waals surface area (Å²) in [6, 6.07) is 8.59. The number of halogens is 2. The molecule has 0 unspecified atom stereocenters. The Labute approximate surface area is 144 Å². The van der Waals surface area contributed by atoms with E-state index in [-0.39, 0.29) is 5.57 Å². The topological polar surface area (TPSA) is 57.8 Å². The first-order valence-electron chi connectivity index (χ1n) is 6.84. The van der Waals surface area contributed by atoms with Crippen LogP contribution in [0.1, 0.15) is 17.0 Å². The van der Waals surface area contributed by atoms with Gasteiger partial charge in [0.1, 0.15) is 11.6 Å². The van der Waals surface area contributed by atoms with Crippen LogP contribution in [0.15, 0.2) is 29.8 Å². The third kappa shape index (κ3) is 3.76. The van der Waals surface area contributed by atoms with Crippen molar-refractivity contribution in [3.05, 3.63) is 56.8 Å². The zero-order valence-electron chi connectivity index (χ0n) is 12.9. The number of aryl methyl sites for hydroxylation is 1. The highest BCUT2D eigenvalue weighted by Gasteiger charge is 2.13. The number of nitrogens with zero attached hydrogens (tertiary/aromatic N) is 2. The highest BCUT2D eigenvalue weighted by molar-refractivity contribution is 6.36. The van der Waals surface area contributed by atoms with Crippen molar-refractivity contribution in [1.82, 2.24) is 4.57 Å². The van der Waals surface area contributed by atoms with Crippen LogP contribution in [0.2, 0.25) is 10.0 Å². The first kappa shape index (κ1) is 17.1. The van der Waals surface area contributed by atoms with Crippen molar-refractivity contribution in [2.75, 3.05) is 5.32 Å². The van der Waals surface area contributed by atoms with Gasteiger partial charge >= 0.3 is 0 Å². The van der Waals surface area contributed by atoms with E-state index in [1.54, 1.807) is 18.2 Å². The van der Waals surface area contributed by atoms with Gasteiger partial charge < -0.3 is 9.88 Å². The van der Waals surface area contributed by atoms with E-state index < -0.39 is 5.91 Å². The van der Waals surface area contributed by atoms with Gasteiger partial charge in [0.2, 0.25) is 0 Å². The van der Waals surface area contributed by atoms with Crippen molar-refractivity contribution in [3.63, 3.8) is 0 Å². The fraction of sp³-hybridized carbons (Fsp3) is 0.176. The van der Waals surface area contributed by atoms with Crippen molar-refractivity contribution in [2.45, 2.75) is 13.8 Å². The Kier molecular flexibility index (Phi) is 5.15. The van der Waals surface area contributed by atoms with E-state index in [0.29, 0.717) is 15.7 Å². The standard InChI is InChI=1S/C17H15Cl2N3O/c1-10-6-12(11(2)22(10)3)7-13(9-20)17(23)21-16-5-4-14(18)8-15(16)19/h4-8H,1-3H3,(H,21,23)/b13-7-. The monoisotopic (exact) mass is 347 g/mol. The lowest BCUT2D eigenvalue weighted by molar-refractivity contribution is -0.112. The Morgan fingerprint density at radius 1 is 1.30 bits per heavy atom. The summed E-state index contributed by atoms with van der Waals surface area (Å²) in [6.45, 7) is 3.89. The minimum absolute atomic E-state index is 0.00437. The Morgan fingerprint density at radius 2 is 2.00 bits per heavy atom. The minimum Gasteiger partial charge on any atom is -0.352 e. The van der Waals surface area contributed by atoms with Gasteiger partial charge in [0.25, 0.3) is 5.91 Å². The summed E-state index contributed by atoms with van der Waals surface area (Å²) in [7, 11) is 1.93. The predicted octanol–water partition coefficient (Wildman–Crippen LogP) is 4.49. The van der Waals surface area contributed by atoms with Crippen LogP contribution in [0.4, 0.5) is 5.69 Å². The molecule has 1 amide bonds. The second kappa shape index (κ2) is 6.91. The second-order valence-corrected chi connectivity index (χ2v) is 5.98. The molecule has 0 aliphatic carbocycles. The highest BCUT2D eigenvalue weighted by Crippen LogP contribution is 2.26. The van der Waals surface area contributed by atoms with Gasteiger partial charge in [0.15, 0.2) is 0 Å². The first-order chi connectivity index (χ1) is 10.8. The van der Waals surface area contributed by atoms with Crippen LogP contribution in [0, 0.1) is 25.2 Å². The molecule has 0 radical (unpaired) electrons. The zero-order chi connectivity index (χ0) is 17.1. The molecular formula is C17H15Cl2N3O. The molecule has 23 heavy (non-hydrogen) atoms. The van der Waals surface area contributed by atoms with Gasteiger partial charge in [0.05, 0.1) is 10.7 Å². The summed E-state index contributed by atoms with van der Waals surface area (Å²) < 4.78 is 1.99. The van der Waals surface area contributed by atoms with E-state index >= 15 is 0 Å². The molecule has 2 aromatic rings. The van der Waals surface area contributed by atoms with Gasteiger partial charge in [-0.1, -0.05) is 23.2 Å². The maximum absolute atomic E-state index is 12.3. The summed E-state index contributed by atoms with van der Waals surface area (Å²) in [5.74, 6) is -0.516. The van der Waals surface area contributed by atoms with Crippen LogP contribution in [0.5, 0.6) is 0 Å². The van der Waals surface area contributed by atoms with E-state index in [2.05, 4.69) is 5.32 Å². The number of amides is 1. The van der Waals surface area contributed by atoms with Gasteiger partial charge in [-0.2, -0.15) is 5.26 Å². The van der Waals surface area contributed by atoms with Gasteiger partial charge in [-0.15, -0.1) is 0 Å². The average Bonchev–Trinajstić information content (AvgIpc) is 2.74. The lowest BCUT2D eigenvalue weighted by Crippen LogP contribution is -2.13. The predicted molar refractivity (Wildman–Crippen MR) is 93.6 cm³/mol. The summed E-state index contributed by atoms with van der Waals surface area (Å²) in [6.07, 6.45) is 1.57.